The third-order valence-corrected chi connectivity index (χ3v) is 5.56. The van der Waals surface area contributed by atoms with Gasteiger partial charge in [0, 0.05) is 30.5 Å². The normalized spacial score (nSPS) is 10.4. The van der Waals surface area contributed by atoms with Crippen LogP contribution in [0.5, 0.6) is 5.75 Å². The van der Waals surface area contributed by atoms with E-state index in [0.717, 1.165) is 16.9 Å². The molecule has 2 amide bonds. The number of rotatable bonds is 10. The van der Waals surface area contributed by atoms with Crippen LogP contribution in [0.25, 0.3) is 0 Å². The highest BCUT2D eigenvalue weighted by atomic mass is 16.5. The number of nitrogens with zero attached hydrogens (tertiary/aromatic N) is 1. The summed E-state index contributed by atoms with van der Waals surface area (Å²) in [5.74, 6) is 0.459. The van der Waals surface area contributed by atoms with Gasteiger partial charge < -0.3 is 20.3 Å². The van der Waals surface area contributed by atoms with Gasteiger partial charge in [-0.25, -0.2) is 0 Å². The van der Waals surface area contributed by atoms with E-state index in [4.69, 9.17) is 4.74 Å². The van der Waals surface area contributed by atoms with E-state index in [1.807, 2.05) is 78.9 Å². The summed E-state index contributed by atoms with van der Waals surface area (Å²) in [4.78, 5) is 27.0. The fourth-order valence-corrected chi connectivity index (χ4v) is 3.67. The molecule has 0 unspecified atom stereocenters. The van der Waals surface area contributed by atoms with Gasteiger partial charge in [0.1, 0.15) is 12.4 Å². The van der Waals surface area contributed by atoms with Crippen LogP contribution in [-0.2, 0) is 17.9 Å². The number of benzene rings is 4. The smallest absolute Gasteiger partial charge is 0.253 e. The van der Waals surface area contributed by atoms with Gasteiger partial charge in [-0.1, -0.05) is 66.7 Å². The van der Waals surface area contributed by atoms with E-state index in [1.54, 1.807) is 42.3 Å². The van der Waals surface area contributed by atoms with Gasteiger partial charge in [-0.15, -0.1) is 0 Å². The number of anilines is 2. The first-order valence-electron chi connectivity index (χ1n) is 11.8. The standard InChI is InChI=1S/C30H29N3O3/c1-33(21-23-9-4-2-5-10-23)30(35)25-13-8-14-27(19-25)31-20-29(34)32-26-15-17-28(18-16-26)36-22-24-11-6-3-7-12-24/h2-19,31H,20-22H2,1H3,(H,32,34). The molecule has 0 heterocycles. The van der Waals surface area contributed by atoms with Gasteiger partial charge in [-0.3, -0.25) is 9.59 Å². The molecule has 0 saturated carbocycles. The summed E-state index contributed by atoms with van der Waals surface area (Å²) in [6.45, 7) is 1.08. The van der Waals surface area contributed by atoms with Crippen molar-refractivity contribution in [2.75, 3.05) is 24.2 Å². The fraction of sp³-hybridized carbons (Fsp3) is 0.133. The quantitative estimate of drug-likeness (QED) is 0.311. The number of amides is 2. The Morgan fingerprint density at radius 2 is 1.42 bits per heavy atom. The summed E-state index contributed by atoms with van der Waals surface area (Å²) in [5.41, 5.74) is 4.10. The van der Waals surface area contributed by atoms with Crippen LogP contribution in [-0.4, -0.2) is 30.3 Å². The lowest BCUT2D eigenvalue weighted by atomic mass is 10.1. The van der Waals surface area contributed by atoms with Crippen molar-refractivity contribution in [3.05, 3.63) is 126 Å². The van der Waals surface area contributed by atoms with Crippen molar-refractivity contribution in [3.8, 4) is 5.75 Å². The topological polar surface area (TPSA) is 70.7 Å². The largest absolute Gasteiger partial charge is 0.489 e. The predicted octanol–water partition coefficient (Wildman–Crippen LogP) is 5.59. The number of carbonyl (C=O) groups is 2. The van der Waals surface area contributed by atoms with Crippen LogP contribution in [0.15, 0.2) is 109 Å². The lowest BCUT2D eigenvalue weighted by Crippen LogP contribution is -2.26. The fourth-order valence-electron chi connectivity index (χ4n) is 3.67. The maximum Gasteiger partial charge on any atom is 0.253 e. The third-order valence-electron chi connectivity index (χ3n) is 5.56. The molecule has 0 atom stereocenters. The minimum Gasteiger partial charge on any atom is -0.489 e. The van der Waals surface area contributed by atoms with Crippen LogP contribution in [0.3, 0.4) is 0 Å². The molecule has 182 valence electrons. The van der Waals surface area contributed by atoms with E-state index in [1.165, 1.54) is 0 Å². The first-order valence-corrected chi connectivity index (χ1v) is 11.8. The average molecular weight is 480 g/mol. The molecule has 2 N–H and O–H groups in total. The Balaban J connectivity index is 1.25. The van der Waals surface area contributed by atoms with Crippen molar-refractivity contribution in [1.29, 1.82) is 0 Å². The first-order chi connectivity index (χ1) is 17.6. The van der Waals surface area contributed by atoms with E-state index < -0.39 is 0 Å². The van der Waals surface area contributed by atoms with Gasteiger partial charge in [0.05, 0.1) is 6.54 Å². The Morgan fingerprint density at radius 1 is 0.750 bits per heavy atom. The highest BCUT2D eigenvalue weighted by Crippen LogP contribution is 2.18. The van der Waals surface area contributed by atoms with E-state index in [2.05, 4.69) is 10.6 Å². The van der Waals surface area contributed by atoms with Gasteiger partial charge in [-0.2, -0.15) is 0 Å². The van der Waals surface area contributed by atoms with Crippen LogP contribution in [0.1, 0.15) is 21.5 Å². The van der Waals surface area contributed by atoms with Gasteiger partial charge in [0.15, 0.2) is 0 Å². The van der Waals surface area contributed by atoms with E-state index in [-0.39, 0.29) is 18.4 Å². The molecule has 4 aromatic carbocycles. The molecular weight excluding hydrogens is 450 g/mol. The van der Waals surface area contributed by atoms with Crippen molar-refractivity contribution < 1.29 is 14.3 Å². The predicted molar refractivity (Wildman–Crippen MR) is 143 cm³/mol. The molecule has 0 aliphatic carbocycles. The summed E-state index contributed by atoms with van der Waals surface area (Å²) in [6.07, 6.45) is 0. The molecule has 0 saturated heterocycles. The van der Waals surface area contributed by atoms with Crippen molar-refractivity contribution >= 4 is 23.2 Å². The van der Waals surface area contributed by atoms with Crippen molar-refractivity contribution in [2.24, 2.45) is 0 Å². The summed E-state index contributed by atoms with van der Waals surface area (Å²) in [6, 6.07) is 34.2. The second-order valence-corrected chi connectivity index (χ2v) is 8.43. The number of nitrogens with one attached hydrogen (secondary N) is 2. The Kier molecular flexibility index (Phi) is 8.33. The minimum absolute atomic E-state index is 0.0732. The van der Waals surface area contributed by atoms with Crippen LogP contribution < -0.4 is 15.4 Å². The van der Waals surface area contributed by atoms with Gasteiger partial charge in [0.2, 0.25) is 5.91 Å². The molecule has 0 aromatic heterocycles. The van der Waals surface area contributed by atoms with Crippen LogP contribution in [0.4, 0.5) is 11.4 Å². The summed E-state index contributed by atoms with van der Waals surface area (Å²) in [7, 11) is 1.78. The molecule has 4 aromatic rings. The second-order valence-electron chi connectivity index (χ2n) is 8.43. The lowest BCUT2D eigenvalue weighted by molar-refractivity contribution is -0.114. The van der Waals surface area contributed by atoms with E-state index in [9.17, 15) is 9.59 Å². The number of carbonyl (C=O) groups excluding carboxylic acids is 2. The molecule has 0 aliphatic rings. The van der Waals surface area contributed by atoms with Gasteiger partial charge in [-0.05, 0) is 53.6 Å². The number of hydrogen-bond donors (Lipinski definition) is 2. The molecule has 0 spiro atoms. The molecule has 6 nitrogen and oxygen atoms in total. The van der Waals surface area contributed by atoms with Crippen LogP contribution >= 0.6 is 0 Å². The van der Waals surface area contributed by atoms with Crippen LogP contribution in [0, 0.1) is 0 Å². The molecule has 6 heteroatoms. The van der Waals surface area contributed by atoms with Crippen molar-refractivity contribution in [3.63, 3.8) is 0 Å². The molecule has 0 radical (unpaired) electrons. The third kappa shape index (κ3) is 7.21. The van der Waals surface area contributed by atoms with Crippen LogP contribution in [0.2, 0.25) is 0 Å². The minimum atomic E-state index is -0.189. The Bertz CT molecular complexity index is 1280. The van der Waals surface area contributed by atoms with Gasteiger partial charge >= 0.3 is 0 Å². The maximum absolute atomic E-state index is 12.8. The highest BCUT2D eigenvalue weighted by molar-refractivity contribution is 5.96. The molecule has 36 heavy (non-hydrogen) atoms. The molecular formula is C30H29N3O3. The highest BCUT2D eigenvalue weighted by Gasteiger charge is 2.13. The zero-order chi connectivity index (χ0) is 25.2. The number of ether oxygens (including phenoxy) is 1. The summed E-state index contributed by atoms with van der Waals surface area (Å²) in [5, 5.41) is 5.95. The molecule has 0 bridgehead atoms. The SMILES string of the molecule is CN(Cc1ccccc1)C(=O)c1cccc(NCC(=O)Nc2ccc(OCc3ccccc3)cc2)c1. The molecule has 4 rings (SSSR count). The van der Waals surface area contributed by atoms with Gasteiger partial charge in [0.25, 0.3) is 5.91 Å². The summed E-state index contributed by atoms with van der Waals surface area (Å²) >= 11 is 0. The monoisotopic (exact) mass is 479 g/mol. The molecule has 0 fully saturated rings. The molecule has 0 aliphatic heterocycles. The zero-order valence-electron chi connectivity index (χ0n) is 20.2. The van der Waals surface area contributed by atoms with E-state index in [0.29, 0.717) is 30.1 Å². The van der Waals surface area contributed by atoms with Crippen molar-refractivity contribution in [1.82, 2.24) is 4.90 Å². The average Bonchev–Trinajstić information content (AvgIpc) is 2.92. The van der Waals surface area contributed by atoms with E-state index >= 15 is 0 Å². The lowest BCUT2D eigenvalue weighted by Gasteiger charge is -2.18. The second kappa shape index (κ2) is 12.2. The zero-order valence-corrected chi connectivity index (χ0v) is 20.2. The Morgan fingerprint density at radius 3 is 2.11 bits per heavy atom. The number of hydrogen-bond acceptors (Lipinski definition) is 4. The summed E-state index contributed by atoms with van der Waals surface area (Å²) < 4.78 is 5.78. The van der Waals surface area contributed by atoms with Crippen molar-refractivity contribution in [2.45, 2.75) is 13.2 Å². The first kappa shape index (κ1) is 24.5. The Hall–Kier alpha value is -4.58. The Labute approximate surface area is 211 Å². The maximum atomic E-state index is 12.8.